The van der Waals surface area contributed by atoms with Crippen LogP contribution in [0.15, 0.2) is 18.2 Å². The summed E-state index contributed by atoms with van der Waals surface area (Å²) in [5.74, 6) is 0.657. The molecular formula is C18H29NO4. The van der Waals surface area contributed by atoms with E-state index in [0.717, 1.165) is 12.1 Å². The molecule has 0 spiro atoms. The van der Waals surface area contributed by atoms with Crippen molar-refractivity contribution >= 4 is 5.69 Å². The average molecular weight is 323 g/mol. The first-order valence-corrected chi connectivity index (χ1v) is 8.33. The number of nitrogens with one attached hydrogen (secondary N) is 1. The SMILES string of the molecule is CCc1ccc(O[C@@H]2CC[C@@H](O)[C@H](O)C2O)c(NC(C)(C)C)c1. The summed E-state index contributed by atoms with van der Waals surface area (Å²) in [7, 11) is 0. The van der Waals surface area contributed by atoms with Gasteiger partial charge in [0.1, 0.15) is 24.1 Å². The molecule has 0 aromatic heterocycles. The van der Waals surface area contributed by atoms with E-state index in [0.29, 0.717) is 18.6 Å². The minimum absolute atomic E-state index is 0.120. The van der Waals surface area contributed by atoms with E-state index in [9.17, 15) is 15.3 Å². The van der Waals surface area contributed by atoms with Crippen molar-refractivity contribution in [3.63, 3.8) is 0 Å². The Labute approximate surface area is 138 Å². The van der Waals surface area contributed by atoms with Gasteiger partial charge in [-0.1, -0.05) is 13.0 Å². The van der Waals surface area contributed by atoms with Gasteiger partial charge in [-0.25, -0.2) is 0 Å². The summed E-state index contributed by atoms with van der Waals surface area (Å²) < 4.78 is 5.98. The molecule has 1 saturated carbocycles. The van der Waals surface area contributed by atoms with Gasteiger partial charge in [-0.15, -0.1) is 0 Å². The smallest absolute Gasteiger partial charge is 0.142 e. The molecular weight excluding hydrogens is 294 g/mol. The van der Waals surface area contributed by atoms with Gasteiger partial charge < -0.3 is 25.4 Å². The van der Waals surface area contributed by atoms with Gasteiger partial charge in [0.05, 0.1) is 11.8 Å². The maximum atomic E-state index is 10.1. The highest BCUT2D eigenvalue weighted by molar-refractivity contribution is 5.59. The summed E-state index contributed by atoms with van der Waals surface area (Å²) >= 11 is 0. The molecule has 0 amide bonds. The van der Waals surface area contributed by atoms with Gasteiger partial charge in [0, 0.05) is 5.54 Å². The zero-order valence-electron chi connectivity index (χ0n) is 14.4. The standard InChI is InChI=1S/C18H29NO4/c1-5-11-6-8-14(12(10-11)19-18(2,3)4)23-15-9-7-13(20)16(21)17(15)22/h6,8,10,13,15-17,19-22H,5,7,9H2,1-4H3/t13-,15-,16+,17?/m1/s1. The summed E-state index contributed by atoms with van der Waals surface area (Å²) in [6.07, 6.45) is -1.83. The van der Waals surface area contributed by atoms with Gasteiger partial charge in [0.25, 0.3) is 0 Å². The molecule has 1 unspecified atom stereocenters. The number of rotatable bonds is 4. The molecule has 2 rings (SSSR count). The highest BCUT2D eigenvalue weighted by Crippen LogP contribution is 2.32. The summed E-state index contributed by atoms with van der Waals surface area (Å²) in [6, 6.07) is 5.96. The van der Waals surface area contributed by atoms with Crippen LogP contribution >= 0.6 is 0 Å². The molecule has 5 nitrogen and oxygen atoms in total. The minimum Gasteiger partial charge on any atom is -0.485 e. The van der Waals surface area contributed by atoms with E-state index in [1.54, 1.807) is 0 Å². The van der Waals surface area contributed by atoms with Crippen LogP contribution in [0.5, 0.6) is 5.75 Å². The number of aryl methyl sites for hydroxylation is 1. The molecule has 1 aromatic rings. The number of hydrogen-bond donors (Lipinski definition) is 4. The van der Waals surface area contributed by atoms with Gasteiger partial charge >= 0.3 is 0 Å². The Morgan fingerprint density at radius 2 is 1.83 bits per heavy atom. The maximum Gasteiger partial charge on any atom is 0.142 e. The van der Waals surface area contributed by atoms with E-state index in [1.807, 2.05) is 12.1 Å². The van der Waals surface area contributed by atoms with E-state index in [1.165, 1.54) is 5.56 Å². The Bertz CT molecular complexity index is 526. The summed E-state index contributed by atoms with van der Waals surface area (Å²) in [5, 5.41) is 33.0. The van der Waals surface area contributed by atoms with E-state index in [4.69, 9.17) is 4.74 Å². The van der Waals surface area contributed by atoms with Crippen molar-refractivity contribution in [1.29, 1.82) is 0 Å². The Balaban J connectivity index is 2.21. The zero-order valence-corrected chi connectivity index (χ0v) is 14.4. The monoisotopic (exact) mass is 323 g/mol. The highest BCUT2D eigenvalue weighted by atomic mass is 16.5. The molecule has 1 fully saturated rings. The molecule has 0 aliphatic heterocycles. The predicted octanol–water partition coefficient (Wildman–Crippen LogP) is 2.08. The Morgan fingerprint density at radius 3 is 2.43 bits per heavy atom. The van der Waals surface area contributed by atoms with Gasteiger partial charge in [-0.05, 0) is 57.7 Å². The number of aliphatic hydroxyl groups is 3. The van der Waals surface area contributed by atoms with Crippen molar-refractivity contribution in [3.05, 3.63) is 23.8 Å². The fraction of sp³-hybridized carbons (Fsp3) is 0.667. The molecule has 130 valence electrons. The van der Waals surface area contributed by atoms with E-state index in [-0.39, 0.29) is 5.54 Å². The molecule has 1 aromatic carbocycles. The second kappa shape index (κ2) is 7.07. The van der Waals surface area contributed by atoms with Crippen molar-refractivity contribution < 1.29 is 20.1 Å². The van der Waals surface area contributed by atoms with Crippen molar-refractivity contribution in [3.8, 4) is 5.75 Å². The topological polar surface area (TPSA) is 82.0 Å². The van der Waals surface area contributed by atoms with Crippen molar-refractivity contribution in [2.24, 2.45) is 0 Å². The van der Waals surface area contributed by atoms with E-state index < -0.39 is 24.4 Å². The summed E-state index contributed by atoms with van der Waals surface area (Å²) in [6.45, 7) is 8.32. The van der Waals surface area contributed by atoms with Crippen LogP contribution in [0.2, 0.25) is 0 Å². The van der Waals surface area contributed by atoms with Crippen LogP contribution in [0.1, 0.15) is 46.1 Å². The summed E-state index contributed by atoms with van der Waals surface area (Å²) in [5.41, 5.74) is 1.96. The quantitative estimate of drug-likeness (QED) is 0.682. The molecule has 23 heavy (non-hydrogen) atoms. The first kappa shape index (κ1) is 18.0. The van der Waals surface area contributed by atoms with Gasteiger partial charge in [0.2, 0.25) is 0 Å². The Morgan fingerprint density at radius 1 is 1.13 bits per heavy atom. The number of hydrogen-bond acceptors (Lipinski definition) is 5. The highest BCUT2D eigenvalue weighted by Gasteiger charge is 2.38. The lowest BCUT2D eigenvalue weighted by Crippen LogP contribution is -2.51. The van der Waals surface area contributed by atoms with Crippen LogP contribution in [0.25, 0.3) is 0 Å². The van der Waals surface area contributed by atoms with Crippen molar-refractivity contribution in [1.82, 2.24) is 0 Å². The molecule has 0 saturated heterocycles. The molecule has 1 aliphatic carbocycles. The second-order valence-corrected chi connectivity index (χ2v) is 7.34. The summed E-state index contributed by atoms with van der Waals surface area (Å²) in [4.78, 5) is 0. The number of ether oxygens (including phenoxy) is 1. The first-order chi connectivity index (χ1) is 10.7. The largest absolute Gasteiger partial charge is 0.485 e. The Kier molecular flexibility index (Phi) is 5.55. The number of aliphatic hydroxyl groups excluding tert-OH is 3. The van der Waals surface area contributed by atoms with E-state index >= 15 is 0 Å². The average Bonchev–Trinajstić information content (AvgIpc) is 2.47. The van der Waals surface area contributed by atoms with Crippen molar-refractivity contribution in [2.75, 3.05) is 5.32 Å². The fourth-order valence-corrected chi connectivity index (χ4v) is 2.82. The molecule has 1 aliphatic rings. The molecule has 4 N–H and O–H groups in total. The van der Waals surface area contributed by atoms with Gasteiger partial charge in [-0.3, -0.25) is 0 Å². The fourth-order valence-electron chi connectivity index (χ4n) is 2.82. The number of benzene rings is 1. The Hall–Kier alpha value is -1.30. The number of anilines is 1. The zero-order chi connectivity index (χ0) is 17.2. The van der Waals surface area contributed by atoms with Crippen LogP contribution in [0, 0.1) is 0 Å². The minimum atomic E-state index is -1.16. The third-order valence-electron chi connectivity index (χ3n) is 4.11. The molecule has 4 atom stereocenters. The molecule has 0 radical (unpaired) electrons. The third kappa shape index (κ3) is 4.59. The molecule has 5 heteroatoms. The van der Waals surface area contributed by atoms with Crippen LogP contribution in [-0.2, 0) is 6.42 Å². The van der Waals surface area contributed by atoms with Crippen molar-refractivity contribution in [2.45, 2.75) is 76.9 Å². The van der Waals surface area contributed by atoms with Crippen LogP contribution in [0.3, 0.4) is 0 Å². The molecule has 0 heterocycles. The maximum absolute atomic E-state index is 10.1. The molecule has 0 bridgehead atoms. The van der Waals surface area contributed by atoms with Gasteiger partial charge in [-0.2, -0.15) is 0 Å². The lowest BCUT2D eigenvalue weighted by atomic mass is 9.89. The second-order valence-electron chi connectivity index (χ2n) is 7.34. The first-order valence-electron chi connectivity index (χ1n) is 8.33. The normalized spacial score (nSPS) is 28.5. The third-order valence-corrected chi connectivity index (χ3v) is 4.11. The predicted molar refractivity (Wildman–Crippen MR) is 90.9 cm³/mol. The van der Waals surface area contributed by atoms with Crippen LogP contribution < -0.4 is 10.1 Å². The van der Waals surface area contributed by atoms with E-state index in [2.05, 4.69) is 39.1 Å². The lowest BCUT2D eigenvalue weighted by molar-refractivity contribution is -0.127. The van der Waals surface area contributed by atoms with Crippen LogP contribution in [0.4, 0.5) is 5.69 Å². The van der Waals surface area contributed by atoms with Crippen LogP contribution in [-0.4, -0.2) is 45.3 Å². The van der Waals surface area contributed by atoms with Gasteiger partial charge in [0.15, 0.2) is 0 Å². The lowest BCUT2D eigenvalue weighted by Gasteiger charge is -2.36.